The first kappa shape index (κ1) is 13.3. The molecule has 0 fully saturated rings. The van der Waals surface area contributed by atoms with Crippen LogP contribution in [-0.2, 0) is 0 Å². The first-order chi connectivity index (χ1) is 7.98. The largest absolute Gasteiger partial charge is 0.405 e. The van der Waals surface area contributed by atoms with Gasteiger partial charge in [-0.05, 0) is 6.07 Å². The van der Waals surface area contributed by atoms with E-state index in [0.717, 1.165) is 4.90 Å². The third kappa shape index (κ3) is 3.92. The molecule has 1 rings (SSSR count). The number of nitriles is 1. The lowest BCUT2D eigenvalue weighted by molar-refractivity contribution is -0.119. The zero-order valence-electron chi connectivity index (χ0n) is 8.78. The van der Waals surface area contributed by atoms with Crippen molar-refractivity contribution in [1.82, 2.24) is 4.98 Å². The molecule has 1 aromatic heterocycles. The van der Waals surface area contributed by atoms with Gasteiger partial charge in [-0.15, -0.1) is 0 Å². The highest BCUT2D eigenvalue weighted by Gasteiger charge is 2.31. The van der Waals surface area contributed by atoms with E-state index in [0.29, 0.717) is 0 Å². The molecular formula is C10H10F3N3O. The van der Waals surface area contributed by atoms with Gasteiger partial charge in [-0.1, -0.05) is 0 Å². The van der Waals surface area contributed by atoms with E-state index in [1.54, 1.807) is 6.07 Å². The van der Waals surface area contributed by atoms with Gasteiger partial charge in [-0.2, -0.15) is 18.4 Å². The van der Waals surface area contributed by atoms with Crippen molar-refractivity contribution >= 4 is 5.69 Å². The van der Waals surface area contributed by atoms with E-state index >= 15 is 0 Å². The van der Waals surface area contributed by atoms with Crippen LogP contribution in [0.1, 0.15) is 5.56 Å². The minimum atomic E-state index is -4.41. The molecule has 0 aliphatic rings. The second kappa shape index (κ2) is 5.50. The Morgan fingerprint density at radius 3 is 2.71 bits per heavy atom. The SMILES string of the molecule is N#Cc1ccncc1N(CCO)CC(F)(F)F. The van der Waals surface area contributed by atoms with Crippen LogP contribution in [0.15, 0.2) is 18.5 Å². The molecule has 0 unspecified atom stereocenters. The van der Waals surface area contributed by atoms with Crippen LogP contribution in [0.5, 0.6) is 0 Å². The molecule has 17 heavy (non-hydrogen) atoms. The van der Waals surface area contributed by atoms with Crippen LogP contribution in [0.2, 0.25) is 0 Å². The Morgan fingerprint density at radius 1 is 1.47 bits per heavy atom. The molecule has 92 valence electrons. The summed E-state index contributed by atoms with van der Waals surface area (Å²) in [5.74, 6) is 0. The average molecular weight is 245 g/mol. The maximum atomic E-state index is 12.3. The number of pyridine rings is 1. The van der Waals surface area contributed by atoms with E-state index in [4.69, 9.17) is 10.4 Å². The Morgan fingerprint density at radius 2 is 2.18 bits per heavy atom. The van der Waals surface area contributed by atoms with Gasteiger partial charge in [-0.3, -0.25) is 4.98 Å². The third-order valence-electron chi connectivity index (χ3n) is 2.00. The quantitative estimate of drug-likeness (QED) is 0.868. The molecule has 0 amide bonds. The fourth-order valence-corrected chi connectivity index (χ4v) is 1.35. The second-order valence-corrected chi connectivity index (χ2v) is 3.26. The number of alkyl halides is 3. The molecule has 1 aromatic rings. The van der Waals surface area contributed by atoms with Crippen molar-refractivity contribution < 1.29 is 18.3 Å². The zero-order chi connectivity index (χ0) is 12.9. The van der Waals surface area contributed by atoms with Crippen LogP contribution in [0.4, 0.5) is 18.9 Å². The van der Waals surface area contributed by atoms with Crippen LogP contribution in [0, 0.1) is 11.3 Å². The normalized spacial score (nSPS) is 11.0. The molecular weight excluding hydrogens is 235 g/mol. The summed E-state index contributed by atoms with van der Waals surface area (Å²) in [7, 11) is 0. The van der Waals surface area contributed by atoms with E-state index in [2.05, 4.69) is 4.98 Å². The van der Waals surface area contributed by atoms with Crippen LogP contribution in [-0.4, -0.2) is 36.0 Å². The van der Waals surface area contributed by atoms with Crippen LogP contribution >= 0.6 is 0 Å². The molecule has 0 saturated heterocycles. The fraction of sp³-hybridized carbons (Fsp3) is 0.400. The maximum Gasteiger partial charge on any atom is 0.405 e. The van der Waals surface area contributed by atoms with Crippen LogP contribution in [0.25, 0.3) is 0 Å². The molecule has 0 spiro atoms. The number of hydrogen-bond donors (Lipinski definition) is 1. The number of anilines is 1. The first-order valence-corrected chi connectivity index (χ1v) is 4.74. The van der Waals surface area contributed by atoms with Gasteiger partial charge in [0.05, 0.1) is 24.1 Å². The molecule has 4 nitrogen and oxygen atoms in total. The monoisotopic (exact) mass is 245 g/mol. The highest BCUT2D eigenvalue weighted by Crippen LogP contribution is 2.23. The van der Waals surface area contributed by atoms with E-state index in [1.165, 1.54) is 18.5 Å². The molecule has 1 N–H and O–H groups in total. The van der Waals surface area contributed by atoms with Gasteiger partial charge >= 0.3 is 6.18 Å². The predicted octanol–water partition coefficient (Wildman–Crippen LogP) is 1.31. The van der Waals surface area contributed by atoms with Gasteiger partial charge in [0, 0.05) is 12.7 Å². The summed E-state index contributed by atoms with van der Waals surface area (Å²) in [6, 6.07) is 3.12. The van der Waals surface area contributed by atoms with Gasteiger partial charge in [-0.25, -0.2) is 0 Å². The Balaban J connectivity index is 3.01. The van der Waals surface area contributed by atoms with Crippen LogP contribution in [0.3, 0.4) is 0 Å². The van der Waals surface area contributed by atoms with E-state index in [-0.39, 0.29) is 17.8 Å². The standard InChI is InChI=1S/C10H10F3N3O/c11-10(12,13)7-16(3-4-17)9-6-15-2-1-8(9)5-14/h1-2,6,17H,3-4,7H2. The summed E-state index contributed by atoms with van der Waals surface area (Å²) in [6.45, 7) is -1.87. The minimum Gasteiger partial charge on any atom is -0.395 e. The zero-order valence-corrected chi connectivity index (χ0v) is 8.78. The number of hydrogen-bond acceptors (Lipinski definition) is 4. The van der Waals surface area contributed by atoms with Gasteiger partial charge < -0.3 is 10.0 Å². The highest BCUT2D eigenvalue weighted by molar-refractivity contribution is 5.57. The van der Waals surface area contributed by atoms with Crippen LogP contribution < -0.4 is 4.90 Å². The Hall–Kier alpha value is -1.81. The molecule has 0 saturated carbocycles. The first-order valence-electron chi connectivity index (χ1n) is 4.74. The topological polar surface area (TPSA) is 60.2 Å². The summed E-state index contributed by atoms with van der Waals surface area (Å²) in [5.41, 5.74) is 0.166. The Kier molecular flexibility index (Phi) is 4.29. The lowest BCUT2D eigenvalue weighted by Crippen LogP contribution is -2.36. The molecule has 0 aliphatic heterocycles. The van der Waals surface area contributed by atoms with Crippen molar-refractivity contribution in [2.75, 3.05) is 24.6 Å². The maximum absolute atomic E-state index is 12.3. The van der Waals surface area contributed by atoms with Crippen molar-refractivity contribution in [3.63, 3.8) is 0 Å². The fourth-order valence-electron chi connectivity index (χ4n) is 1.35. The third-order valence-corrected chi connectivity index (χ3v) is 2.00. The van der Waals surface area contributed by atoms with Gasteiger partial charge in [0.25, 0.3) is 0 Å². The predicted molar refractivity (Wildman–Crippen MR) is 54.3 cm³/mol. The lowest BCUT2D eigenvalue weighted by Gasteiger charge is -2.25. The lowest BCUT2D eigenvalue weighted by atomic mass is 10.2. The Labute approximate surface area is 95.9 Å². The molecule has 1 heterocycles. The van der Waals surface area contributed by atoms with E-state index < -0.39 is 19.3 Å². The van der Waals surface area contributed by atoms with Gasteiger partial charge in [0.2, 0.25) is 0 Å². The summed E-state index contributed by atoms with van der Waals surface area (Å²) in [4.78, 5) is 4.57. The molecule has 0 aliphatic carbocycles. The van der Waals surface area contributed by atoms with Gasteiger partial charge in [0.15, 0.2) is 0 Å². The molecule has 0 aromatic carbocycles. The highest BCUT2D eigenvalue weighted by atomic mass is 19.4. The van der Waals surface area contributed by atoms with E-state index in [9.17, 15) is 13.2 Å². The number of aliphatic hydroxyl groups is 1. The average Bonchev–Trinajstić information content (AvgIpc) is 2.27. The number of rotatable bonds is 4. The molecule has 0 atom stereocenters. The summed E-state index contributed by atoms with van der Waals surface area (Å²) in [6.07, 6.45) is -1.90. The molecule has 7 heteroatoms. The number of aromatic nitrogens is 1. The smallest absolute Gasteiger partial charge is 0.395 e. The minimum absolute atomic E-state index is 0.0707. The van der Waals surface area contributed by atoms with Crippen molar-refractivity contribution in [2.45, 2.75) is 6.18 Å². The molecule has 0 bridgehead atoms. The van der Waals surface area contributed by atoms with Crippen molar-refractivity contribution in [3.8, 4) is 6.07 Å². The number of nitrogens with zero attached hydrogens (tertiary/aromatic N) is 3. The van der Waals surface area contributed by atoms with Crippen molar-refractivity contribution in [3.05, 3.63) is 24.0 Å². The summed E-state index contributed by atoms with van der Waals surface area (Å²) in [5, 5.41) is 17.5. The van der Waals surface area contributed by atoms with E-state index in [1.807, 2.05) is 0 Å². The van der Waals surface area contributed by atoms with Crippen molar-refractivity contribution in [1.29, 1.82) is 5.26 Å². The molecule has 0 radical (unpaired) electrons. The number of halogens is 3. The number of aliphatic hydroxyl groups excluding tert-OH is 1. The summed E-state index contributed by atoms with van der Waals surface area (Å²) >= 11 is 0. The van der Waals surface area contributed by atoms with Gasteiger partial charge in [0.1, 0.15) is 12.6 Å². The second-order valence-electron chi connectivity index (χ2n) is 3.26. The van der Waals surface area contributed by atoms with Crippen molar-refractivity contribution in [2.24, 2.45) is 0 Å². The Bertz CT molecular complexity index is 414. The summed E-state index contributed by atoms with van der Waals surface area (Å²) < 4.78 is 37.0.